The number of aliphatic hydroxyl groups is 1. The van der Waals surface area contributed by atoms with E-state index in [1.807, 2.05) is 36.4 Å². The van der Waals surface area contributed by atoms with E-state index in [1.165, 1.54) is 0 Å². The van der Waals surface area contributed by atoms with Gasteiger partial charge in [0.05, 0.1) is 12.5 Å². The van der Waals surface area contributed by atoms with Gasteiger partial charge in [0.15, 0.2) is 0 Å². The molecule has 0 aliphatic carbocycles. The van der Waals surface area contributed by atoms with Crippen LogP contribution in [0.5, 0.6) is 11.5 Å². The number of ether oxygens (including phenoxy) is 1. The second-order valence-corrected chi connectivity index (χ2v) is 5.45. The number of amides is 1. The van der Waals surface area contributed by atoms with Crippen LogP contribution in [0.1, 0.15) is 12.0 Å². The molecule has 1 aliphatic rings. The largest absolute Gasteiger partial charge is 0.457 e. The molecule has 1 aliphatic heterocycles. The van der Waals surface area contributed by atoms with Gasteiger partial charge in [-0.3, -0.25) is 4.79 Å². The molecule has 0 bridgehead atoms. The Morgan fingerprint density at radius 2 is 1.65 bits per heavy atom. The molecule has 0 radical (unpaired) electrons. The van der Waals surface area contributed by atoms with Gasteiger partial charge in [-0.2, -0.15) is 0 Å². The average molecular weight is 335 g/mol. The van der Waals surface area contributed by atoms with Crippen molar-refractivity contribution in [2.24, 2.45) is 0 Å². The Hall–Kier alpha value is -2.24. The third-order valence-electron chi connectivity index (χ3n) is 3.61. The molecule has 2 aromatic carbocycles. The summed E-state index contributed by atoms with van der Waals surface area (Å²) < 4.78 is 5.72. The standard InChI is InChI=1S/C17H18N2O3.ClH/c18-13-3-7-16(8-4-13)22-15-5-1-12(2-6-15)10-19-11-14(20)9-17(19)21;/h1-8,14,20H,9-11,18H2;1H. The normalized spacial score (nSPS) is 17.0. The number of hydrogen-bond donors (Lipinski definition) is 2. The zero-order valence-corrected chi connectivity index (χ0v) is 13.3. The number of halogens is 1. The van der Waals surface area contributed by atoms with Gasteiger partial charge in [0, 0.05) is 18.8 Å². The predicted molar refractivity (Wildman–Crippen MR) is 90.7 cm³/mol. The third-order valence-corrected chi connectivity index (χ3v) is 3.61. The molecule has 1 amide bonds. The highest BCUT2D eigenvalue weighted by Crippen LogP contribution is 2.23. The Balaban J connectivity index is 0.00000192. The third kappa shape index (κ3) is 4.37. The van der Waals surface area contributed by atoms with Crippen LogP contribution in [0.15, 0.2) is 48.5 Å². The summed E-state index contributed by atoms with van der Waals surface area (Å²) in [6, 6.07) is 14.8. The van der Waals surface area contributed by atoms with Crippen LogP contribution in [0.4, 0.5) is 5.69 Å². The highest BCUT2D eigenvalue weighted by Gasteiger charge is 2.27. The molecular weight excluding hydrogens is 316 g/mol. The van der Waals surface area contributed by atoms with E-state index in [0.717, 1.165) is 17.1 Å². The Bertz CT molecular complexity index is 659. The van der Waals surface area contributed by atoms with E-state index in [0.29, 0.717) is 18.8 Å². The van der Waals surface area contributed by atoms with Crippen molar-refractivity contribution in [1.29, 1.82) is 0 Å². The number of nitrogens with zero attached hydrogens (tertiary/aromatic N) is 1. The lowest BCUT2D eigenvalue weighted by molar-refractivity contribution is -0.128. The Kier molecular flexibility index (Phi) is 5.47. The first kappa shape index (κ1) is 17.1. The molecule has 5 nitrogen and oxygen atoms in total. The van der Waals surface area contributed by atoms with Crippen molar-refractivity contribution in [2.75, 3.05) is 12.3 Å². The molecule has 0 spiro atoms. The van der Waals surface area contributed by atoms with Crippen molar-refractivity contribution in [3.8, 4) is 11.5 Å². The number of carbonyl (C=O) groups excluding carboxylic acids is 1. The van der Waals surface area contributed by atoms with Crippen molar-refractivity contribution in [2.45, 2.75) is 19.1 Å². The summed E-state index contributed by atoms with van der Waals surface area (Å²) in [5.74, 6) is 1.44. The van der Waals surface area contributed by atoms with E-state index < -0.39 is 6.10 Å². The first-order valence-corrected chi connectivity index (χ1v) is 7.18. The Labute approximate surface area is 141 Å². The van der Waals surface area contributed by atoms with Crippen LogP contribution in [0.2, 0.25) is 0 Å². The summed E-state index contributed by atoms with van der Waals surface area (Å²) in [6.07, 6.45) is -0.321. The highest BCUT2D eigenvalue weighted by molar-refractivity contribution is 5.85. The summed E-state index contributed by atoms with van der Waals surface area (Å²) in [5, 5.41) is 9.48. The minimum Gasteiger partial charge on any atom is -0.457 e. The van der Waals surface area contributed by atoms with Gasteiger partial charge < -0.3 is 20.5 Å². The fourth-order valence-electron chi connectivity index (χ4n) is 2.46. The number of nitrogens with two attached hydrogens (primary N) is 1. The maximum atomic E-state index is 11.7. The molecule has 1 fully saturated rings. The van der Waals surface area contributed by atoms with Gasteiger partial charge in [-0.1, -0.05) is 12.1 Å². The quantitative estimate of drug-likeness (QED) is 0.843. The molecule has 6 heteroatoms. The highest BCUT2D eigenvalue weighted by atomic mass is 35.5. The summed E-state index contributed by atoms with van der Waals surface area (Å²) in [5.41, 5.74) is 7.33. The summed E-state index contributed by atoms with van der Waals surface area (Å²) >= 11 is 0. The minimum absolute atomic E-state index is 0. The van der Waals surface area contributed by atoms with E-state index in [9.17, 15) is 9.90 Å². The number of anilines is 1. The van der Waals surface area contributed by atoms with Gasteiger partial charge in [-0.15, -0.1) is 12.4 Å². The molecule has 3 rings (SSSR count). The van der Waals surface area contributed by atoms with Crippen LogP contribution < -0.4 is 10.5 Å². The number of β-amino-alcohol motifs (C(OH)–C–C–N with tert-alkyl or cyclic N) is 1. The van der Waals surface area contributed by atoms with E-state index in [-0.39, 0.29) is 24.7 Å². The number of benzene rings is 2. The van der Waals surface area contributed by atoms with Crippen LogP contribution in [-0.2, 0) is 11.3 Å². The maximum absolute atomic E-state index is 11.7. The molecule has 1 saturated heterocycles. The molecule has 2 aromatic rings. The summed E-state index contributed by atoms with van der Waals surface area (Å²) in [7, 11) is 0. The smallest absolute Gasteiger partial charge is 0.225 e. The molecule has 1 unspecified atom stereocenters. The van der Waals surface area contributed by atoms with Crippen molar-refractivity contribution in [3.05, 3.63) is 54.1 Å². The Morgan fingerprint density at radius 3 is 2.17 bits per heavy atom. The molecule has 0 saturated carbocycles. The second kappa shape index (κ2) is 7.35. The zero-order valence-electron chi connectivity index (χ0n) is 12.5. The lowest BCUT2D eigenvalue weighted by Gasteiger charge is -2.16. The van der Waals surface area contributed by atoms with Crippen molar-refractivity contribution in [1.82, 2.24) is 4.90 Å². The van der Waals surface area contributed by atoms with Gasteiger partial charge in [0.25, 0.3) is 0 Å². The zero-order chi connectivity index (χ0) is 15.5. The van der Waals surface area contributed by atoms with Crippen molar-refractivity contribution >= 4 is 24.0 Å². The molecule has 23 heavy (non-hydrogen) atoms. The number of likely N-dealkylation sites (tertiary alicyclic amines) is 1. The number of hydrogen-bond acceptors (Lipinski definition) is 4. The van der Waals surface area contributed by atoms with E-state index in [4.69, 9.17) is 10.5 Å². The van der Waals surface area contributed by atoms with Gasteiger partial charge in [0.1, 0.15) is 11.5 Å². The van der Waals surface area contributed by atoms with E-state index in [2.05, 4.69) is 0 Å². The van der Waals surface area contributed by atoms with Crippen LogP contribution in [0.25, 0.3) is 0 Å². The molecule has 1 atom stereocenters. The molecular formula is C17H19ClN2O3. The SMILES string of the molecule is Cl.Nc1ccc(Oc2ccc(CN3CC(O)CC3=O)cc2)cc1. The number of aliphatic hydroxyl groups excluding tert-OH is 1. The fraction of sp³-hybridized carbons (Fsp3) is 0.235. The lowest BCUT2D eigenvalue weighted by atomic mass is 10.2. The van der Waals surface area contributed by atoms with Gasteiger partial charge in [-0.05, 0) is 42.0 Å². The van der Waals surface area contributed by atoms with Gasteiger partial charge in [-0.25, -0.2) is 0 Å². The van der Waals surface area contributed by atoms with Crippen LogP contribution in [0.3, 0.4) is 0 Å². The van der Waals surface area contributed by atoms with Crippen LogP contribution in [-0.4, -0.2) is 28.6 Å². The van der Waals surface area contributed by atoms with Crippen LogP contribution >= 0.6 is 12.4 Å². The first-order chi connectivity index (χ1) is 10.6. The second-order valence-electron chi connectivity index (χ2n) is 5.45. The molecule has 1 heterocycles. The van der Waals surface area contributed by atoms with Crippen molar-refractivity contribution in [3.63, 3.8) is 0 Å². The van der Waals surface area contributed by atoms with Gasteiger partial charge in [0.2, 0.25) is 5.91 Å². The molecule has 0 aromatic heterocycles. The number of rotatable bonds is 4. The molecule has 122 valence electrons. The average Bonchev–Trinajstić information content (AvgIpc) is 2.81. The monoisotopic (exact) mass is 334 g/mol. The fourth-order valence-corrected chi connectivity index (χ4v) is 2.46. The summed E-state index contributed by atoms with van der Waals surface area (Å²) in [4.78, 5) is 13.3. The van der Waals surface area contributed by atoms with E-state index in [1.54, 1.807) is 17.0 Å². The lowest BCUT2D eigenvalue weighted by Crippen LogP contribution is -2.25. The topological polar surface area (TPSA) is 75.8 Å². The predicted octanol–water partition coefficient (Wildman–Crippen LogP) is 2.58. The number of nitrogen functional groups attached to an aromatic ring is 1. The van der Waals surface area contributed by atoms with Crippen molar-refractivity contribution < 1.29 is 14.6 Å². The maximum Gasteiger partial charge on any atom is 0.225 e. The van der Waals surface area contributed by atoms with E-state index >= 15 is 0 Å². The number of carbonyl (C=O) groups is 1. The Morgan fingerprint density at radius 1 is 1.09 bits per heavy atom. The first-order valence-electron chi connectivity index (χ1n) is 7.18. The van der Waals surface area contributed by atoms with Crippen LogP contribution in [0, 0.1) is 0 Å². The summed E-state index contributed by atoms with van der Waals surface area (Å²) in [6.45, 7) is 0.917. The van der Waals surface area contributed by atoms with Gasteiger partial charge >= 0.3 is 0 Å². The minimum atomic E-state index is -0.541. The molecule has 3 N–H and O–H groups in total.